The number of nitrogens with one attached hydrogen (secondary N) is 2. The average Bonchev–Trinajstić information content (AvgIpc) is 2.58. The van der Waals surface area contributed by atoms with Crippen molar-refractivity contribution in [2.24, 2.45) is 0 Å². The van der Waals surface area contributed by atoms with Crippen LogP contribution >= 0.6 is 11.6 Å². The van der Waals surface area contributed by atoms with Gasteiger partial charge in [0.1, 0.15) is 11.6 Å². The minimum absolute atomic E-state index is 0.136. The number of halogens is 2. The van der Waals surface area contributed by atoms with E-state index in [1.54, 1.807) is 31.2 Å². The van der Waals surface area contributed by atoms with Crippen molar-refractivity contribution in [1.29, 1.82) is 0 Å². The fourth-order valence-electron chi connectivity index (χ4n) is 2.18. The Labute approximate surface area is 150 Å². The van der Waals surface area contributed by atoms with Crippen LogP contribution in [0.4, 0.5) is 10.1 Å². The van der Waals surface area contributed by atoms with Crippen LogP contribution in [0.5, 0.6) is 5.75 Å². The molecule has 0 aliphatic rings. The second kappa shape index (κ2) is 8.48. The lowest BCUT2D eigenvalue weighted by atomic mass is 10.1. The lowest BCUT2D eigenvalue weighted by Crippen LogP contribution is -2.34. The number of anilines is 1. The minimum atomic E-state index is -0.455. The van der Waals surface area contributed by atoms with E-state index in [1.165, 1.54) is 19.2 Å². The van der Waals surface area contributed by atoms with Crippen LogP contribution in [0, 0.1) is 12.7 Å². The number of ether oxygens (including phenoxy) is 1. The lowest BCUT2D eigenvalue weighted by molar-refractivity contribution is -0.123. The summed E-state index contributed by atoms with van der Waals surface area (Å²) in [4.78, 5) is 23.9. The molecule has 2 N–H and O–H groups in total. The second-order valence-electron chi connectivity index (χ2n) is 5.39. The number of amides is 2. The molecule has 0 heterocycles. The smallest absolute Gasteiger partial charge is 0.243 e. The quantitative estimate of drug-likeness (QED) is 0.827. The lowest BCUT2D eigenvalue weighted by Gasteiger charge is -2.12. The van der Waals surface area contributed by atoms with Gasteiger partial charge in [-0.1, -0.05) is 29.8 Å². The molecule has 0 atom stereocenters. The summed E-state index contributed by atoms with van der Waals surface area (Å²) >= 11 is 6.01. The summed E-state index contributed by atoms with van der Waals surface area (Å²) in [7, 11) is 1.47. The molecule has 132 valence electrons. The van der Waals surface area contributed by atoms with Gasteiger partial charge in [-0.2, -0.15) is 0 Å². The van der Waals surface area contributed by atoms with Crippen LogP contribution in [0.1, 0.15) is 11.1 Å². The van der Waals surface area contributed by atoms with Crippen molar-refractivity contribution in [3.8, 4) is 5.75 Å². The van der Waals surface area contributed by atoms with Crippen molar-refractivity contribution < 1.29 is 18.7 Å². The van der Waals surface area contributed by atoms with E-state index in [9.17, 15) is 14.0 Å². The first-order valence-electron chi connectivity index (χ1n) is 7.54. The molecule has 2 aromatic carbocycles. The second-order valence-corrected chi connectivity index (χ2v) is 5.80. The number of rotatable bonds is 6. The van der Waals surface area contributed by atoms with Gasteiger partial charge in [0.2, 0.25) is 11.8 Å². The van der Waals surface area contributed by atoms with Crippen molar-refractivity contribution in [2.75, 3.05) is 19.0 Å². The molecule has 0 radical (unpaired) electrons. The van der Waals surface area contributed by atoms with Crippen LogP contribution in [-0.4, -0.2) is 25.5 Å². The third-order valence-corrected chi connectivity index (χ3v) is 3.92. The zero-order valence-corrected chi connectivity index (χ0v) is 14.6. The number of benzene rings is 2. The summed E-state index contributed by atoms with van der Waals surface area (Å²) in [5.41, 5.74) is 1.51. The van der Waals surface area contributed by atoms with Gasteiger partial charge in [-0.05, 0) is 30.2 Å². The van der Waals surface area contributed by atoms with E-state index in [4.69, 9.17) is 16.3 Å². The van der Waals surface area contributed by atoms with Gasteiger partial charge in [0, 0.05) is 11.1 Å². The number of methoxy groups -OCH3 is 1. The highest BCUT2D eigenvalue weighted by Crippen LogP contribution is 2.30. The van der Waals surface area contributed by atoms with E-state index in [0.29, 0.717) is 16.5 Å². The molecule has 0 spiro atoms. The number of hydrogen-bond acceptors (Lipinski definition) is 3. The molecule has 7 heteroatoms. The number of carbonyl (C=O) groups excluding carboxylic acids is 2. The topological polar surface area (TPSA) is 67.4 Å². The van der Waals surface area contributed by atoms with Crippen LogP contribution in [0.2, 0.25) is 5.02 Å². The highest BCUT2D eigenvalue weighted by Gasteiger charge is 2.12. The number of carbonyl (C=O) groups is 2. The summed E-state index contributed by atoms with van der Waals surface area (Å²) < 4.78 is 18.7. The normalized spacial score (nSPS) is 10.2. The van der Waals surface area contributed by atoms with Crippen molar-refractivity contribution in [3.63, 3.8) is 0 Å². The van der Waals surface area contributed by atoms with Crippen molar-refractivity contribution >= 4 is 29.1 Å². The van der Waals surface area contributed by atoms with Crippen LogP contribution in [0.25, 0.3) is 0 Å². The van der Waals surface area contributed by atoms with Gasteiger partial charge < -0.3 is 15.4 Å². The van der Waals surface area contributed by atoms with Crippen molar-refractivity contribution in [2.45, 2.75) is 13.3 Å². The van der Waals surface area contributed by atoms with E-state index < -0.39 is 17.6 Å². The van der Waals surface area contributed by atoms with Gasteiger partial charge in [-0.3, -0.25) is 9.59 Å². The summed E-state index contributed by atoms with van der Waals surface area (Å²) in [5.74, 6) is -0.911. The Balaban J connectivity index is 1.92. The number of hydrogen-bond donors (Lipinski definition) is 2. The van der Waals surface area contributed by atoms with Crippen LogP contribution in [0.3, 0.4) is 0 Å². The fraction of sp³-hybridized carbons (Fsp3) is 0.222. The molecule has 0 saturated carbocycles. The van der Waals surface area contributed by atoms with Gasteiger partial charge in [0.15, 0.2) is 0 Å². The van der Waals surface area contributed by atoms with E-state index in [2.05, 4.69) is 10.6 Å². The highest BCUT2D eigenvalue weighted by molar-refractivity contribution is 6.31. The van der Waals surface area contributed by atoms with Crippen LogP contribution in [0.15, 0.2) is 36.4 Å². The molecule has 0 aromatic heterocycles. The molecule has 25 heavy (non-hydrogen) atoms. The molecular formula is C18H18ClFN2O3. The van der Waals surface area contributed by atoms with Gasteiger partial charge in [0.05, 0.1) is 25.8 Å². The first kappa shape index (κ1) is 18.7. The Hall–Kier alpha value is -2.60. The third kappa shape index (κ3) is 5.19. The van der Waals surface area contributed by atoms with Gasteiger partial charge >= 0.3 is 0 Å². The average molecular weight is 365 g/mol. The minimum Gasteiger partial charge on any atom is -0.495 e. The fourth-order valence-corrected chi connectivity index (χ4v) is 2.33. The summed E-state index contributed by atoms with van der Waals surface area (Å²) in [6.45, 7) is 1.56. The van der Waals surface area contributed by atoms with E-state index in [1.807, 2.05) is 0 Å². The molecule has 2 aromatic rings. The molecule has 2 amide bonds. The van der Waals surface area contributed by atoms with E-state index in [-0.39, 0.29) is 18.5 Å². The molecule has 0 aliphatic carbocycles. The largest absolute Gasteiger partial charge is 0.495 e. The molecule has 2 rings (SSSR count). The van der Waals surface area contributed by atoms with Crippen LogP contribution in [-0.2, 0) is 16.0 Å². The maximum atomic E-state index is 13.5. The first-order chi connectivity index (χ1) is 11.9. The summed E-state index contributed by atoms with van der Waals surface area (Å²) in [5, 5.41) is 5.63. The SMILES string of the molecule is COc1cc(Cl)c(C)cc1NC(=O)CNC(=O)Cc1ccccc1F. The zero-order chi connectivity index (χ0) is 18.4. The molecule has 0 aliphatic heterocycles. The Morgan fingerprint density at radius 2 is 1.92 bits per heavy atom. The summed E-state index contributed by atoms with van der Waals surface area (Å²) in [6.07, 6.45) is -0.136. The van der Waals surface area contributed by atoms with Gasteiger partial charge in [-0.25, -0.2) is 4.39 Å². The Kier molecular flexibility index (Phi) is 6.36. The molecule has 0 unspecified atom stereocenters. The Morgan fingerprint density at radius 1 is 1.20 bits per heavy atom. The Bertz CT molecular complexity index is 796. The van der Waals surface area contributed by atoms with E-state index >= 15 is 0 Å². The van der Waals surface area contributed by atoms with Gasteiger partial charge in [-0.15, -0.1) is 0 Å². The van der Waals surface area contributed by atoms with Crippen LogP contribution < -0.4 is 15.4 Å². The van der Waals surface area contributed by atoms with Crippen molar-refractivity contribution in [3.05, 3.63) is 58.4 Å². The third-order valence-electron chi connectivity index (χ3n) is 3.51. The predicted molar refractivity (Wildman–Crippen MR) is 94.5 cm³/mol. The highest BCUT2D eigenvalue weighted by atomic mass is 35.5. The molecule has 0 fully saturated rings. The van der Waals surface area contributed by atoms with Gasteiger partial charge in [0.25, 0.3) is 0 Å². The predicted octanol–water partition coefficient (Wildman–Crippen LogP) is 3.09. The maximum Gasteiger partial charge on any atom is 0.243 e. The Morgan fingerprint density at radius 3 is 2.60 bits per heavy atom. The first-order valence-corrected chi connectivity index (χ1v) is 7.92. The monoisotopic (exact) mass is 364 g/mol. The van der Waals surface area contributed by atoms with Crippen molar-refractivity contribution in [1.82, 2.24) is 5.32 Å². The number of aryl methyl sites for hydroxylation is 1. The molecule has 0 bridgehead atoms. The molecule has 5 nitrogen and oxygen atoms in total. The zero-order valence-electron chi connectivity index (χ0n) is 13.9. The molecular weight excluding hydrogens is 347 g/mol. The molecule has 0 saturated heterocycles. The standard InChI is InChI=1S/C18H18ClFN2O3/c1-11-7-15(16(25-2)9-13(11)19)22-18(24)10-21-17(23)8-12-5-3-4-6-14(12)20/h3-7,9H,8,10H2,1-2H3,(H,21,23)(H,22,24). The summed E-state index contributed by atoms with van der Waals surface area (Å²) in [6, 6.07) is 9.28. The van der Waals surface area contributed by atoms with E-state index in [0.717, 1.165) is 5.56 Å². The maximum absolute atomic E-state index is 13.5.